The molecule has 101 heavy (non-hydrogen) atoms. The Balaban J connectivity index is 5.22. The Morgan fingerprint density at radius 3 is 0.703 bits per heavy atom. The molecule has 0 saturated heterocycles. The predicted octanol–water partition coefficient (Wildman–Crippen LogP) is 24.7. The van der Waals surface area contributed by atoms with E-state index in [-0.39, 0.29) is 25.7 Å². The third-order valence-electron chi connectivity index (χ3n) is 19.9. The van der Waals surface area contributed by atoms with Crippen LogP contribution in [0.15, 0.2) is 0 Å². The van der Waals surface area contributed by atoms with Gasteiger partial charge in [0, 0.05) is 25.7 Å². The van der Waals surface area contributed by atoms with Crippen LogP contribution in [0.2, 0.25) is 0 Å². The number of ether oxygens (including phenoxy) is 4. The first-order valence-electron chi connectivity index (χ1n) is 42.6. The smallest absolute Gasteiger partial charge is 0.462 e. The molecule has 0 bridgehead atoms. The second kappa shape index (κ2) is 73.6. The Labute approximate surface area is 619 Å². The van der Waals surface area contributed by atoms with Crippen molar-refractivity contribution >= 4 is 39.5 Å². The van der Waals surface area contributed by atoms with Gasteiger partial charge >= 0.3 is 39.5 Å². The summed E-state index contributed by atoms with van der Waals surface area (Å²) in [5.74, 6) is -0.521. The van der Waals surface area contributed by atoms with Crippen LogP contribution in [0.1, 0.15) is 433 Å². The van der Waals surface area contributed by atoms with Gasteiger partial charge in [-0.2, -0.15) is 0 Å². The van der Waals surface area contributed by atoms with Crippen molar-refractivity contribution in [1.29, 1.82) is 0 Å². The molecule has 3 N–H and O–H groups in total. The number of aliphatic hydroxyl groups is 1. The molecule has 7 atom stereocenters. The van der Waals surface area contributed by atoms with Gasteiger partial charge < -0.3 is 33.8 Å². The number of unbranched alkanes of at least 4 members (excludes halogenated alkanes) is 49. The molecule has 0 aliphatic heterocycles. The predicted molar refractivity (Wildman–Crippen MR) is 414 cm³/mol. The molecule has 0 amide bonds. The van der Waals surface area contributed by atoms with Crippen LogP contribution in [0.4, 0.5) is 0 Å². The van der Waals surface area contributed by atoms with Gasteiger partial charge in [0.2, 0.25) is 0 Å². The van der Waals surface area contributed by atoms with Crippen molar-refractivity contribution < 1.29 is 80.2 Å². The number of carbonyl (C=O) groups is 4. The summed E-state index contributed by atoms with van der Waals surface area (Å²) in [5.41, 5.74) is 0. The average Bonchev–Trinajstić information content (AvgIpc) is 1.37. The summed E-state index contributed by atoms with van der Waals surface area (Å²) in [4.78, 5) is 73.1. The van der Waals surface area contributed by atoms with Crippen LogP contribution in [-0.4, -0.2) is 96.7 Å². The molecule has 4 unspecified atom stereocenters. The second-order valence-corrected chi connectivity index (χ2v) is 32.9. The fourth-order valence-electron chi connectivity index (χ4n) is 12.6. The highest BCUT2D eigenvalue weighted by atomic mass is 31.2. The SMILES string of the molecule is CCCCCCCCCCCCCCCCCCCCCCCCC(=O)O[C@H](COC(=O)CCCCCCCCCCCCC(C)CC)COP(=O)(O)OC[C@@H](O)COP(=O)(O)OC[C@@H](COC(=O)CCCCCCCCCCC(C)CC)OC(=O)CCCCCCCCCCCCCCC. The highest BCUT2D eigenvalue weighted by Crippen LogP contribution is 2.45. The maximum atomic E-state index is 13.1. The van der Waals surface area contributed by atoms with Gasteiger partial charge in [-0.3, -0.25) is 37.3 Å². The molecule has 0 spiro atoms. The second-order valence-electron chi connectivity index (χ2n) is 30.0. The Bertz CT molecular complexity index is 1950. The largest absolute Gasteiger partial charge is 0.472 e. The van der Waals surface area contributed by atoms with Gasteiger partial charge in [-0.25, -0.2) is 9.13 Å². The summed E-state index contributed by atoms with van der Waals surface area (Å²) in [7, 11) is -9.92. The maximum Gasteiger partial charge on any atom is 0.472 e. The number of aliphatic hydroxyl groups excluding tert-OH is 1. The lowest BCUT2D eigenvalue weighted by atomic mass is 9.99. The zero-order valence-corrected chi connectivity index (χ0v) is 68.0. The van der Waals surface area contributed by atoms with Crippen molar-refractivity contribution in [2.45, 2.75) is 452 Å². The average molecular weight is 1480 g/mol. The molecule has 0 aliphatic rings. The van der Waals surface area contributed by atoms with E-state index in [1.54, 1.807) is 0 Å². The molecule has 600 valence electrons. The molecule has 0 fully saturated rings. The summed E-state index contributed by atoms with van der Waals surface area (Å²) in [5, 5.41) is 10.6. The minimum Gasteiger partial charge on any atom is -0.462 e. The van der Waals surface area contributed by atoms with Crippen LogP contribution in [0.3, 0.4) is 0 Å². The first kappa shape index (κ1) is 99.1. The molecule has 19 heteroatoms. The van der Waals surface area contributed by atoms with E-state index in [0.29, 0.717) is 25.7 Å². The van der Waals surface area contributed by atoms with Crippen LogP contribution >= 0.6 is 15.6 Å². The summed E-state index contributed by atoms with van der Waals surface area (Å²) < 4.78 is 68.8. The molecular formula is C82H160O17P2. The van der Waals surface area contributed by atoms with E-state index in [0.717, 1.165) is 102 Å². The normalized spacial score (nSPS) is 14.4. The van der Waals surface area contributed by atoms with E-state index in [9.17, 15) is 43.2 Å². The van der Waals surface area contributed by atoms with Gasteiger partial charge in [0.15, 0.2) is 12.2 Å². The van der Waals surface area contributed by atoms with E-state index in [1.807, 2.05) is 0 Å². The van der Waals surface area contributed by atoms with E-state index in [2.05, 4.69) is 41.5 Å². The molecule has 17 nitrogen and oxygen atoms in total. The van der Waals surface area contributed by atoms with Gasteiger partial charge in [0.1, 0.15) is 19.3 Å². The Morgan fingerprint density at radius 2 is 0.475 bits per heavy atom. The van der Waals surface area contributed by atoms with Crippen LogP contribution < -0.4 is 0 Å². The van der Waals surface area contributed by atoms with E-state index in [1.165, 1.54) is 250 Å². The van der Waals surface area contributed by atoms with Crippen LogP contribution in [0.25, 0.3) is 0 Å². The van der Waals surface area contributed by atoms with E-state index < -0.39 is 97.5 Å². The number of hydrogen-bond acceptors (Lipinski definition) is 15. The molecule has 0 aliphatic carbocycles. The third-order valence-corrected chi connectivity index (χ3v) is 21.8. The van der Waals surface area contributed by atoms with Crippen molar-refractivity contribution in [3.05, 3.63) is 0 Å². The number of hydrogen-bond donors (Lipinski definition) is 3. The lowest BCUT2D eigenvalue weighted by Gasteiger charge is -2.21. The van der Waals surface area contributed by atoms with E-state index in [4.69, 9.17) is 37.0 Å². The van der Waals surface area contributed by atoms with Crippen molar-refractivity contribution in [3.8, 4) is 0 Å². The summed E-state index contributed by atoms with van der Waals surface area (Å²) in [6, 6.07) is 0. The first-order valence-corrected chi connectivity index (χ1v) is 45.6. The lowest BCUT2D eigenvalue weighted by molar-refractivity contribution is -0.161. The molecule has 0 heterocycles. The topological polar surface area (TPSA) is 237 Å². The molecule has 0 rings (SSSR count). The number of phosphoric acid groups is 2. The first-order chi connectivity index (χ1) is 48.9. The minimum atomic E-state index is -4.96. The molecule has 0 aromatic rings. The molecule has 0 aromatic heterocycles. The van der Waals surface area contributed by atoms with Crippen LogP contribution in [0, 0.1) is 11.8 Å². The maximum absolute atomic E-state index is 13.1. The Morgan fingerprint density at radius 1 is 0.277 bits per heavy atom. The number of rotatable bonds is 81. The van der Waals surface area contributed by atoms with Crippen molar-refractivity contribution in [2.24, 2.45) is 11.8 Å². The highest BCUT2D eigenvalue weighted by Gasteiger charge is 2.30. The van der Waals surface area contributed by atoms with Gasteiger partial charge in [-0.05, 0) is 37.5 Å². The lowest BCUT2D eigenvalue weighted by Crippen LogP contribution is -2.30. The van der Waals surface area contributed by atoms with Crippen LogP contribution in [-0.2, 0) is 65.4 Å². The van der Waals surface area contributed by atoms with Gasteiger partial charge in [-0.1, -0.05) is 382 Å². The Kier molecular flexibility index (Phi) is 72.2. The monoisotopic (exact) mass is 1480 g/mol. The number of carbonyl (C=O) groups excluding carboxylic acids is 4. The molecule has 0 radical (unpaired) electrons. The number of phosphoric ester groups is 2. The fourth-order valence-corrected chi connectivity index (χ4v) is 14.2. The van der Waals surface area contributed by atoms with Gasteiger partial charge in [0.05, 0.1) is 26.4 Å². The van der Waals surface area contributed by atoms with E-state index >= 15 is 0 Å². The molecule has 0 saturated carbocycles. The van der Waals surface area contributed by atoms with Gasteiger partial charge in [0.25, 0.3) is 0 Å². The fraction of sp³-hybridized carbons (Fsp3) is 0.951. The van der Waals surface area contributed by atoms with Crippen molar-refractivity contribution in [3.63, 3.8) is 0 Å². The summed E-state index contributed by atoms with van der Waals surface area (Å²) in [6.07, 6.45) is 63.8. The van der Waals surface area contributed by atoms with Crippen molar-refractivity contribution in [2.75, 3.05) is 39.6 Å². The minimum absolute atomic E-state index is 0.107. The zero-order chi connectivity index (χ0) is 74.2. The molecule has 0 aromatic carbocycles. The standard InChI is InChI=1S/C82H160O17P2/c1-7-11-13-15-17-19-21-23-24-25-26-27-28-29-30-31-33-35-41-49-55-61-67-82(87)98-77(70-92-79(84)64-58-52-46-39-37-36-38-44-50-56-62-74(5)9-3)72-96-100(88,89)94-68-76(83)69-95-101(90,91)97-73-78(71-93-80(85)65-59-53-47-43-42-45-51-57-63-75(6)10-4)99-81(86)66-60-54-48-40-34-32-22-20-18-16-14-12-8-2/h74-78,83H,7-73H2,1-6H3,(H,88,89)(H,90,91)/t74?,75?,76-,77-,78-/m1/s1. The third kappa shape index (κ3) is 73.4. The summed E-state index contributed by atoms with van der Waals surface area (Å²) in [6.45, 7) is 9.67. The highest BCUT2D eigenvalue weighted by molar-refractivity contribution is 7.47. The van der Waals surface area contributed by atoms with Crippen LogP contribution in [0.5, 0.6) is 0 Å². The zero-order valence-electron chi connectivity index (χ0n) is 66.2. The number of esters is 4. The van der Waals surface area contributed by atoms with Gasteiger partial charge in [-0.15, -0.1) is 0 Å². The summed E-state index contributed by atoms with van der Waals surface area (Å²) >= 11 is 0. The Hall–Kier alpha value is -1.94. The van der Waals surface area contributed by atoms with Crippen molar-refractivity contribution in [1.82, 2.24) is 0 Å². The molecular weight excluding hydrogens is 1320 g/mol. The quantitative estimate of drug-likeness (QED) is 0.0222.